The molecule has 5 aromatic rings. The molecule has 1 aliphatic rings. The van der Waals surface area contributed by atoms with Crippen LogP contribution in [0.2, 0.25) is 0 Å². The predicted octanol–water partition coefficient (Wildman–Crippen LogP) is 4.33. The average Bonchev–Trinajstić information content (AvgIpc) is 3.68. The SMILES string of the molecule is Fc1ccc(F)cc1.O=C(Nc1ccc(-c2nn[nH]n2)cc1)c1cnn2ccc(N3CCCC3)cc12. The number of nitrogens with zero attached hydrogens (tertiary/aromatic N) is 6. The van der Waals surface area contributed by atoms with Crippen LogP contribution in [0.4, 0.5) is 20.2 Å². The number of aromatic amines is 1. The summed E-state index contributed by atoms with van der Waals surface area (Å²) >= 11 is 0. The molecule has 0 bridgehead atoms. The topological polar surface area (TPSA) is 104 Å². The molecule has 2 N–H and O–H groups in total. The summed E-state index contributed by atoms with van der Waals surface area (Å²) in [4.78, 5) is 15.2. The summed E-state index contributed by atoms with van der Waals surface area (Å²) < 4.78 is 25.6. The van der Waals surface area contributed by atoms with Gasteiger partial charge in [-0.15, -0.1) is 10.2 Å². The number of benzene rings is 2. The zero-order valence-corrected chi connectivity index (χ0v) is 19.1. The first kappa shape index (κ1) is 23.1. The highest BCUT2D eigenvalue weighted by Crippen LogP contribution is 2.24. The van der Waals surface area contributed by atoms with Gasteiger partial charge in [0.25, 0.3) is 5.91 Å². The largest absolute Gasteiger partial charge is 0.371 e. The van der Waals surface area contributed by atoms with Gasteiger partial charge in [-0.2, -0.15) is 10.3 Å². The highest BCUT2D eigenvalue weighted by atomic mass is 19.1. The molecular weight excluding hydrogens is 466 g/mol. The van der Waals surface area contributed by atoms with Gasteiger partial charge < -0.3 is 10.2 Å². The number of carbonyl (C=O) groups excluding carboxylic acids is 1. The van der Waals surface area contributed by atoms with E-state index in [-0.39, 0.29) is 5.91 Å². The van der Waals surface area contributed by atoms with Crippen molar-refractivity contribution >= 4 is 22.8 Å². The Morgan fingerprint density at radius 3 is 2.28 bits per heavy atom. The molecule has 182 valence electrons. The van der Waals surface area contributed by atoms with Gasteiger partial charge >= 0.3 is 0 Å². The number of rotatable bonds is 4. The van der Waals surface area contributed by atoms with Crippen LogP contribution in [0.15, 0.2) is 73.1 Å². The van der Waals surface area contributed by atoms with Crippen molar-refractivity contribution in [3.05, 3.63) is 90.3 Å². The Morgan fingerprint density at radius 2 is 1.64 bits per heavy atom. The maximum atomic E-state index is 12.8. The van der Waals surface area contributed by atoms with E-state index in [9.17, 15) is 13.6 Å². The number of pyridine rings is 1. The number of aromatic nitrogens is 6. The molecule has 0 atom stereocenters. The molecule has 3 aromatic heterocycles. The molecule has 0 unspecified atom stereocenters. The summed E-state index contributed by atoms with van der Waals surface area (Å²) in [5.41, 5.74) is 3.97. The first-order valence-electron chi connectivity index (χ1n) is 11.4. The fourth-order valence-electron chi connectivity index (χ4n) is 3.93. The number of amides is 1. The van der Waals surface area contributed by atoms with E-state index in [4.69, 9.17) is 0 Å². The van der Waals surface area contributed by atoms with Crippen molar-refractivity contribution in [2.24, 2.45) is 0 Å². The number of anilines is 2. The quantitative estimate of drug-likeness (QED) is 0.390. The highest BCUT2D eigenvalue weighted by Gasteiger charge is 2.17. The van der Waals surface area contributed by atoms with E-state index >= 15 is 0 Å². The van der Waals surface area contributed by atoms with Crippen molar-refractivity contribution in [2.75, 3.05) is 23.3 Å². The lowest BCUT2D eigenvalue weighted by molar-refractivity contribution is 0.102. The van der Waals surface area contributed by atoms with Gasteiger partial charge in [0.1, 0.15) is 11.6 Å². The third-order valence-corrected chi connectivity index (χ3v) is 5.77. The predicted molar refractivity (Wildman–Crippen MR) is 131 cm³/mol. The normalized spacial score (nSPS) is 12.9. The molecule has 11 heteroatoms. The lowest BCUT2D eigenvalue weighted by Gasteiger charge is -2.17. The second-order valence-electron chi connectivity index (χ2n) is 8.17. The molecule has 0 saturated carbocycles. The molecule has 6 rings (SSSR count). The third-order valence-electron chi connectivity index (χ3n) is 5.77. The molecule has 1 amide bonds. The van der Waals surface area contributed by atoms with E-state index in [2.05, 4.69) is 35.9 Å². The number of tetrazole rings is 1. The van der Waals surface area contributed by atoms with Gasteiger partial charge in [0.15, 0.2) is 0 Å². The van der Waals surface area contributed by atoms with Crippen LogP contribution in [-0.2, 0) is 0 Å². The van der Waals surface area contributed by atoms with Gasteiger partial charge in [-0.05, 0) is 78.7 Å². The van der Waals surface area contributed by atoms with E-state index in [1.54, 1.807) is 10.7 Å². The molecule has 4 heterocycles. The zero-order chi connectivity index (χ0) is 24.9. The molecule has 0 aliphatic carbocycles. The van der Waals surface area contributed by atoms with Crippen LogP contribution in [0.1, 0.15) is 23.2 Å². The molecule has 0 radical (unpaired) electrons. The Kier molecular flexibility index (Phi) is 6.61. The number of nitrogens with one attached hydrogen (secondary N) is 2. The van der Waals surface area contributed by atoms with E-state index in [0.717, 1.165) is 54.1 Å². The first-order chi connectivity index (χ1) is 17.6. The smallest absolute Gasteiger partial charge is 0.259 e. The van der Waals surface area contributed by atoms with E-state index < -0.39 is 11.6 Å². The Labute approximate surface area is 204 Å². The van der Waals surface area contributed by atoms with Crippen LogP contribution in [-0.4, -0.2) is 49.2 Å². The van der Waals surface area contributed by atoms with Crippen LogP contribution < -0.4 is 10.2 Å². The Bertz CT molecular complexity index is 1420. The number of halogens is 2. The zero-order valence-electron chi connectivity index (χ0n) is 19.1. The van der Waals surface area contributed by atoms with Gasteiger partial charge in [-0.25, -0.2) is 13.3 Å². The highest BCUT2D eigenvalue weighted by molar-refractivity contribution is 6.09. The monoisotopic (exact) mass is 488 g/mol. The molecule has 0 spiro atoms. The van der Waals surface area contributed by atoms with Crippen LogP contribution >= 0.6 is 0 Å². The summed E-state index contributed by atoms with van der Waals surface area (Å²) in [6.45, 7) is 2.11. The number of carbonyl (C=O) groups is 1. The summed E-state index contributed by atoms with van der Waals surface area (Å²) in [7, 11) is 0. The van der Waals surface area contributed by atoms with Gasteiger partial charge in [0, 0.05) is 36.2 Å². The lowest BCUT2D eigenvalue weighted by atomic mass is 10.2. The first-order valence-corrected chi connectivity index (χ1v) is 11.4. The maximum absolute atomic E-state index is 12.8. The molecule has 1 fully saturated rings. The van der Waals surface area contributed by atoms with Crippen LogP contribution in [0, 0.1) is 11.6 Å². The third kappa shape index (κ3) is 5.19. The van der Waals surface area contributed by atoms with E-state index in [1.807, 2.05) is 42.6 Å². The van der Waals surface area contributed by atoms with Crippen molar-refractivity contribution in [3.63, 3.8) is 0 Å². The van der Waals surface area contributed by atoms with Gasteiger partial charge in [0.2, 0.25) is 5.82 Å². The van der Waals surface area contributed by atoms with Crippen molar-refractivity contribution in [1.82, 2.24) is 30.2 Å². The van der Waals surface area contributed by atoms with E-state index in [1.165, 1.54) is 12.8 Å². The number of fused-ring (bicyclic) bond motifs is 1. The molecule has 1 saturated heterocycles. The summed E-state index contributed by atoms with van der Waals surface area (Å²) in [6, 6.07) is 15.7. The molecule has 36 heavy (non-hydrogen) atoms. The Morgan fingerprint density at radius 1 is 0.944 bits per heavy atom. The minimum absolute atomic E-state index is 0.194. The Balaban J connectivity index is 0.000000286. The van der Waals surface area contributed by atoms with Crippen molar-refractivity contribution in [1.29, 1.82) is 0 Å². The number of H-pyrrole nitrogens is 1. The molecule has 1 aliphatic heterocycles. The summed E-state index contributed by atoms with van der Waals surface area (Å²) in [5, 5.41) is 21.1. The number of hydrogen-bond acceptors (Lipinski definition) is 6. The second-order valence-corrected chi connectivity index (χ2v) is 8.17. The van der Waals surface area contributed by atoms with Crippen molar-refractivity contribution < 1.29 is 13.6 Å². The van der Waals surface area contributed by atoms with Gasteiger partial charge in [0.05, 0.1) is 17.3 Å². The van der Waals surface area contributed by atoms with Gasteiger partial charge in [-0.1, -0.05) is 0 Å². The van der Waals surface area contributed by atoms with Crippen molar-refractivity contribution in [2.45, 2.75) is 12.8 Å². The maximum Gasteiger partial charge on any atom is 0.259 e. The fraction of sp³-hybridized carbons (Fsp3) is 0.160. The summed E-state index contributed by atoms with van der Waals surface area (Å²) in [5.74, 6) is -0.506. The summed E-state index contributed by atoms with van der Waals surface area (Å²) in [6.07, 6.45) is 5.92. The molecular formula is C25H22F2N8O. The van der Waals surface area contributed by atoms with Crippen molar-refractivity contribution in [3.8, 4) is 11.4 Å². The van der Waals surface area contributed by atoms with Gasteiger partial charge in [-0.3, -0.25) is 4.79 Å². The average molecular weight is 489 g/mol. The van der Waals surface area contributed by atoms with Crippen LogP contribution in [0.3, 0.4) is 0 Å². The lowest BCUT2D eigenvalue weighted by Crippen LogP contribution is -2.18. The van der Waals surface area contributed by atoms with Crippen LogP contribution in [0.25, 0.3) is 16.9 Å². The fourth-order valence-corrected chi connectivity index (χ4v) is 3.93. The molecule has 9 nitrogen and oxygen atoms in total. The van der Waals surface area contributed by atoms with E-state index in [0.29, 0.717) is 17.1 Å². The molecule has 2 aromatic carbocycles. The minimum Gasteiger partial charge on any atom is -0.371 e. The minimum atomic E-state index is -0.411. The van der Waals surface area contributed by atoms with Crippen LogP contribution in [0.5, 0.6) is 0 Å². The number of hydrogen-bond donors (Lipinski definition) is 2. The second kappa shape index (κ2) is 10.3. The Hall–Kier alpha value is -4.67. The standard InChI is InChI=1S/C19H18N8O.C6H4F2/c28-19(21-14-5-3-13(4-6-14)18-22-24-25-23-18)16-12-20-27-10-7-15(11-17(16)27)26-8-1-2-9-26;7-5-1-2-6(8)4-3-5/h3-7,10-12H,1-2,8-9H2,(H,21,28)(H,22,23,24,25);1-4H.